The van der Waals surface area contributed by atoms with E-state index in [0.717, 1.165) is 31.6 Å². The maximum atomic E-state index is 13.8. The Bertz CT molecular complexity index is 656. The largest absolute Gasteiger partial charge is 0.437 e. The van der Waals surface area contributed by atoms with Crippen molar-refractivity contribution in [2.75, 3.05) is 31.6 Å². The number of rotatable bonds is 4. The number of halogens is 1. The van der Waals surface area contributed by atoms with Crippen LogP contribution in [0.2, 0.25) is 0 Å². The van der Waals surface area contributed by atoms with E-state index in [1.165, 1.54) is 17.0 Å². The van der Waals surface area contributed by atoms with E-state index >= 15 is 0 Å². The number of primary amides is 1. The third kappa shape index (κ3) is 3.08. The number of benzene rings is 1. The van der Waals surface area contributed by atoms with Crippen LogP contribution < -0.4 is 10.6 Å². The first kappa shape index (κ1) is 16.7. The van der Waals surface area contributed by atoms with Gasteiger partial charge in [-0.25, -0.2) is 9.18 Å². The molecule has 24 heavy (non-hydrogen) atoms. The topological polar surface area (TPSA) is 75.9 Å². The first-order valence-electron chi connectivity index (χ1n) is 8.19. The lowest BCUT2D eigenvalue weighted by Gasteiger charge is -2.46. The number of carbonyl (C=O) groups excluding carboxylic acids is 2. The number of fused-ring (bicyclic) bond motifs is 2. The summed E-state index contributed by atoms with van der Waals surface area (Å²) in [6.07, 6.45) is 1.90. The SMILES string of the molecule is CN1C(=O)OC2(CCN(CCCC(N)=O)CC2)c2cc(F)ccc21. The van der Waals surface area contributed by atoms with E-state index in [2.05, 4.69) is 4.90 Å². The highest BCUT2D eigenvalue weighted by molar-refractivity contribution is 5.91. The van der Waals surface area contributed by atoms with Gasteiger partial charge in [0.1, 0.15) is 11.4 Å². The number of anilines is 1. The summed E-state index contributed by atoms with van der Waals surface area (Å²) in [5.41, 5.74) is 5.84. The molecule has 1 aromatic rings. The van der Waals surface area contributed by atoms with Gasteiger partial charge >= 0.3 is 6.09 Å². The molecule has 2 aliphatic heterocycles. The van der Waals surface area contributed by atoms with Crippen molar-refractivity contribution in [3.63, 3.8) is 0 Å². The predicted molar refractivity (Wildman–Crippen MR) is 87.1 cm³/mol. The summed E-state index contributed by atoms with van der Waals surface area (Å²) in [5, 5.41) is 0. The Hall–Kier alpha value is -2.15. The van der Waals surface area contributed by atoms with Crippen LogP contribution in [0.3, 0.4) is 0 Å². The van der Waals surface area contributed by atoms with Crippen molar-refractivity contribution in [1.82, 2.24) is 4.90 Å². The van der Waals surface area contributed by atoms with Crippen LogP contribution in [0.1, 0.15) is 31.2 Å². The second-order valence-electron chi connectivity index (χ2n) is 6.49. The van der Waals surface area contributed by atoms with E-state index in [1.807, 2.05) is 0 Å². The highest BCUT2D eigenvalue weighted by atomic mass is 19.1. The lowest BCUT2D eigenvalue weighted by molar-refractivity contribution is -0.118. The summed E-state index contributed by atoms with van der Waals surface area (Å²) in [5.74, 6) is -0.625. The van der Waals surface area contributed by atoms with Gasteiger partial charge in [0, 0.05) is 45.0 Å². The molecule has 130 valence electrons. The number of nitrogens with two attached hydrogens (primary N) is 1. The molecule has 1 spiro atoms. The summed E-state index contributed by atoms with van der Waals surface area (Å²) in [6.45, 7) is 2.24. The lowest BCUT2D eigenvalue weighted by Crippen LogP contribution is -2.50. The van der Waals surface area contributed by atoms with Crippen molar-refractivity contribution < 1.29 is 18.7 Å². The van der Waals surface area contributed by atoms with Gasteiger partial charge in [-0.3, -0.25) is 9.69 Å². The van der Waals surface area contributed by atoms with Crippen LogP contribution in [0.25, 0.3) is 0 Å². The molecular weight excluding hydrogens is 313 g/mol. The maximum absolute atomic E-state index is 13.8. The van der Waals surface area contributed by atoms with Gasteiger partial charge in [-0.05, 0) is 31.2 Å². The van der Waals surface area contributed by atoms with Gasteiger partial charge in [0.2, 0.25) is 5.91 Å². The summed E-state index contributed by atoms with van der Waals surface area (Å²) in [6, 6.07) is 4.47. The number of amides is 2. The van der Waals surface area contributed by atoms with E-state index in [1.54, 1.807) is 13.1 Å². The Balaban J connectivity index is 1.75. The minimum Gasteiger partial charge on any atom is -0.437 e. The van der Waals surface area contributed by atoms with Crippen molar-refractivity contribution in [1.29, 1.82) is 0 Å². The van der Waals surface area contributed by atoms with Crippen LogP contribution in [0, 0.1) is 5.82 Å². The molecule has 2 heterocycles. The first-order chi connectivity index (χ1) is 11.4. The Morgan fingerprint density at radius 1 is 1.38 bits per heavy atom. The number of piperidine rings is 1. The van der Waals surface area contributed by atoms with Gasteiger partial charge in [0.15, 0.2) is 0 Å². The molecule has 0 radical (unpaired) electrons. The Kier molecular flexibility index (Phi) is 4.45. The fraction of sp³-hybridized carbons (Fsp3) is 0.529. The van der Waals surface area contributed by atoms with Gasteiger partial charge in [-0.15, -0.1) is 0 Å². The Morgan fingerprint density at radius 2 is 2.08 bits per heavy atom. The van der Waals surface area contributed by atoms with Crippen LogP contribution in [0.15, 0.2) is 18.2 Å². The van der Waals surface area contributed by atoms with Gasteiger partial charge < -0.3 is 15.4 Å². The Labute approximate surface area is 140 Å². The van der Waals surface area contributed by atoms with Crippen molar-refractivity contribution in [2.24, 2.45) is 5.73 Å². The number of ether oxygens (including phenoxy) is 1. The lowest BCUT2D eigenvalue weighted by atomic mass is 9.82. The zero-order chi connectivity index (χ0) is 17.3. The molecule has 1 fully saturated rings. The van der Waals surface area contributed by atoms with Crippen molar-refractivity contribution in [3.8, 4) is 0 Å². The quantitative estimate of drug-likeness (QED) is 0.913. The third-order valence-electron chi connectivity index (χ3n) is 4.93. The van der Waals surface area contributed by atoms with Gasteiger partial charge in [0.05, 0.1) is 5.69 Å². The first-order valence-corrected chi connectivity index (χ1v) is 8.19. The fourth-order valence-corrected chi connectivity index (χ4v) is 3.54. The summed E-state index contributed by atoms with van der Waals surface area (Å²) >= 11 is 0. The smallest absolute Gasteiger partial charge is 0.414 e. The van der Waals surface area contributed by atoms with Crippen LogP contribution in [-0.2, 0) is 15.1 Å². The highest BCUT2D eigenvalue weighted by Gasteiger charge is 2.46. The molecule has 2 amide bonds. The van der Waals surface area contributed by atoms with Crippen molar-refractivity contribution in [3.05, 3.63) is 29.6 Å². The predicted octanol–water partition coefficient (Wildman–Crippen LogP) is 1.97. The number of hydrogen-bond donors (Lipinski definition) is 1. The van der Waals surface area contributed by atoms with Gasteiger partial charge in [-0.1, -0.05) is 0 Å². The zero-order valence-corrected chi connectivity index (χ0v) is 13.8. The molecule has 2 N–H and O–H groups in total. The summed E-state index contributed by atoms with van der Waals surface area (Å²) in [4.78, 5) is 26.7. The van der Waals surface area contributed by atoms with E-state index in [0.29, 0.717) is 24.9 Å². The highest BCUT2D eigenvalue weighted by Crippen LogP contribution is 2.45. The minimum absolute atomic E-state index is 0.294. The standard InChI is InChI=1S/C17H22FN3O3/c1-20-14-5-4-12(18)11-13(14)17(24-16(20)23)6-9-21(10-7-17)8-2-3-15(19)22/h4-5,11H,2-3,6-10H2,1H3,(H2,19,22). The molecule has 6 nitrogen and oxygen atoms in total. The molecule has 0 saturated carbocycles. The van der Waals surface area contributed by atoms with E-state index in [4.69, 9.17) is 10.5 Å². The van der Waals surface area contributed by atoms with Crippen LogP contribution >= 0.6 is 0 Å². The molecule has 1 aromatic carbocycles. The average Bonchev–Trinajstić information content (AvgIpc) is 2.54. The van der Waals surface area contributed by atoms with Gasteiger partial charge in [-0.2, -0.15) is 0 Å². The molecule has 0 aromatic heterocycles. The molecule has 0 bridgehead atoms. The number of hydrogen-bond acceptors (Lipinski definition) is 4. The summed E-state index contributed by atoms with van der Waals surface area (Å²) in [7, 11) is 1.63. The van der Waals surface area contributed by atoms with E-state index < -0.39 is 11.7 Å². The second kappa shape index (κ2) is 6.39. The molecule has 2 aliphatic rings. The molecule has 0 aliphatic carbocycles. The van der Waals surface area contributed by atoms with Crippen LogP contribution in [0.5, 0.6) is 0 Å². The molecule has 0 unspecified atom stereocenters. The van der Waals surface area contributed by atoms with Crippen LogP contribution in [0.4, 0.5) is 14.9 Å². The molecular formula is C17H22FN3O3. The molecule has 1 saturated heterocycles. The normalized spacial score (nSPS) is 19.9. The average molecular weight is 335 g/mol. The number of nitrogens with zero attached hydrogens (tertiary/aromatic N) is 2. The number of carbonyl (C=O) groups is 2. The van der Waals surface area contributed by atoms with Crippen LogP contribution in [-0.4, -0.2) is 43.6 Å². The fourth-order valence-electron chi connectivity index (χ4n) is 3.54. The molecule has 7 heteroatoms. The Morgan fingerprint density at radius 3 is 2.75 bits per heavy atom. The van der Waals surface area contributed by atoms with E-state index in [9.17, 15) is 14.0 Å². The van der Waals surface area contributed by atoms with Crippen molar-refractivity contribution >= 4 is 17.7 Å². The zero-order valence-electron chi connectivity index (χ0n) is 13.8. The van der Waals surface area contributed by atoms with E-state index in [-0.39, 0.29) is 11.7 Å². The monoisotopic (exact) mass is 335 g/mol. The molecule has 0 atom stereocenters. The minimum atomic E-state index is -0.763. The maximum Gasteiger partial charge on any atom is 0.414 e. The second-order valence-corrected chi connectivity index (χ2v) is 6.49. The van der Waals surface area contributed by atoms with Crippen molar-refractivity contribution in [2.45, 2.75) is 31.3 Å². The summed E-state index contributed by atoms with van der Waals surface area (Å²) < 4.78 is 19.5. The molecule has 3 rings (SSSR count). The third-order valence-corrected chi connectivity index (χ3v) is 4.93. The number of likely N-dealkylation sites (tertiary alicyclic amines) is 1. The van der Waals surface area contributed by atoms with Gasteiger partial charge in [0.25, 0.3) is 0 Å².